The molecule has 5 heteroatoms. The second kappa shape index (κ2) is 7.73. The monoisotopic (exact) mass is 329 g/mol. The lowest BCUT2D eigenvalue weighted by Crippen LogP contribution is -2.21. The van der Waals surface area contributed by atoms with Crippen LogP contribution in [0, 0.1) is 24.6 Å². The Morgan fingerprint density at radius 1 is 1.09 bits per heavy atom. The van der Waals surface area contributed by atoms with Crippen LogP contribution in [-0.2, 0) is 10.0 Å². The standard InChI is InChI=1S/C18H16FNO2S/c1-15-4-6-17(7-5-15)12-14-23(21,22)20-13-2-3-16-8-10-18(19)11-9-16/h4-12,14,20H,13H2,1H3/b14-12+. The molecule has 0 unspecified atom stereocenters. The molecule has 0 aromatic heterocycles. The van der Waals surface area contributed by atoms with Gasteiger partial charge >= 0.3 is 0 Å². The van der Waals surface area contributed by atoms with Gasteiger partial charge in [-0.1, -0.05) is 41.7 Å². The highest BCUT2D eigenvalue weighted by molar-refractivity contribution is 7.92. The Kier molecular flexibility index (Phi) is 5.69. The van der Waals surface area contributed by atoms with Crippen LogP contribution in [-0.4, -0.2) is 15.0 Å². The van der Waals surface area contributed by atoms with E-state index >= 15 is 0 Å². The smallest absolute Gasteiger partial charge is 0.208 e. The zero-order valence-electron chi connectivity index (χ0n) is 12.6. The minimum absolute atomic E-state index is 0.0159. The Labute approximate surface area is 135 Å². The van der Waals surface area contributed by atoms with Gasteiger partial charge in [-0.2, -0.15) is 4.72 Å². The van der Waals surface area contributed by atoms with Crippen LogP contribution in [0.5, 0.6) is 0 Å². The molecule has 1 N–H and O–H groups in total. The van der Waals surface area contributed by atoms with E-state index in [-0.39, 0.29) is 12.4 Å². The van der Waals surface area contributed by atoms with E-state index < -0.39 is 10.0 Å². The molecule has 0 amide bonds. The number of benzene rings is 2. The van der Waals surface area contributed by atoms with Crippen LogP contribution in [0.15, 0.2) is 53.9 Å². The molecule has 118 valence electrons. The maximum absolute atomic E-state index is 12.7. The molecule has 0 bridgehead atoms. The number of sulfonamides is 1. The number of hydrogen-bond donors (Lipinski definition) is 1. The Morgan fingerprint density at radius 2 is 1.74 bits per heavy atom. The first-order valence-electron chi connectivity index (χ1n) is 6.93. The van der Waals surface area contributed by atoms with E-state index in [1.165, 1.54) is 30.3 Å². The summed E-state index contributed by atoms with van der Waals surface area (Å²) in [6.45, 7) is 1.95. The van der Waals surface area contributed by atoms with Crippen LogP contribution in [0.1, 0.15) is 16.7 Å². The average molecular weight is 329 g/mol. The molecule has 0 saturated carbocycles. The molecule has 0 atom stereocenters. The van der Waals surface area contributed by atoms with Crippen LogP contribution in [0.4, 0.5) is 4.39 Å². The Hall–Kier alpha value is -2.42. The molecular weight excluding hydrogens is 313 g/mol. The fourth-order valence-corrected chi connectivity index (χ4v) is 2.42. The number of nitrogens with one attached hydrogen (secondary N) is 1. The number of halogens is 1. The normalized spacial score (nSPS) is 11.2. The highest BCUT2D eigenvalue weighted by Gasteiger charge is 2.02. The fourth-order valence-electron chi connectivity index (χ4n) is 1.71. The number of aryl methyl sites for hydroxylation is 1. The molecule has 0 aliphatic rings. The predicted molar refractivity (Wildman–Crippen MR) is 90.4 cm³/mol. The molecule has 0 heterocycles. The summed E-state index contributed by atoms with van der Waals surface area (Å²) >= 11 is 0. The molecule has 0 radical (unpaired) electrons. The molecule has 2 rings (SSSR count). The molecule has 0 spiro atoms. The largest absolute Gasteiger partial charge is 0.234 e. The number of hydrogen-bond acceptors (Lipinski definition) is 2. The van der Waals surface area contributed by atoms with Gasteiger partial charge in [0, 0.05) is 11.0 Å². The van der Waals surface area contributed by atoms with Gasteiger partial charge in [0.1, 0.15) is 5.82 Å². The van der Waals surface area contributed by atoms with Crippen molar-refractivity contribution >= 4 is 16.1 Å². The highest BCUT2D eigenvalue weighted by Crippen LogP contribution is 2.06. The molecule has 3 nitrogen and oxygen atoms in total. The molecular formula is C18H16FNO2S. The van der Waals surface area contributed by atoms with E-state index in [4.69, 9.17) is 0 Å². The van der Waals surface area contributed by atoms with E-state index in [1.54, 1.807) is 0 Å². The van der Waals surface area contributed by atoms with Gasteiger partial charge in [0.25, 0.3) is 0 Å². The van der Waals surface area contributed by atoms with E-state index in [1.807, 2.05) is 31.2 Å². The lowest BCUT2D eigenvalue weighted by molar-refractivity contribution is 0.595. The summed E-state index contributed by atoms with van der Waals surface area (Å²) in [6.07, 6.45) is 1.52. The van der Waals surface area contributed by atoms with Gasteiger partial charge in [0.05, 0.1) is 6.54 Å². The molecule has 0 fully saturated rings. The quantitative estimate of drug-likeness (QED) is 0.876. The van der Waals surface area contributed by atoms with Gasteiger partial charge < -0.3 is 0 Å². The van der Waals surface area contributed by atoms with Crippen molar-refractivity contribution < 1.29 is 12.8 Å². The number of rotatable bonds is 4. The van der Waals surface area contributed by atoms with Gasteiger partial charge in [-0.05, 0) is 42.8 Å². The minimum atomic E-state index is -3.54. The SMILES string of the molecule is Cc1ccc(/C=C/S(=O)(=O)NCC#Cc2ccc(F)cc2)cc1. The van der Waals surface area contributed by atoms with Gasteiger partial charge in [0.15, 0.2) is 0 Å². The van der Waals surface area contributed by atoms with E-state index in [0.717, 1.165) is 16.5 Å². The van der Waals surface area contributed by atoms with Crippen molar-refractivity contribution in [1.29, 1.82) is 0 Å². The van der Waals surface area contributed by atoms with Gasteiger partial charge in [0.2, 0.25) is 10.0 Å². The summed E-state index contributed by atoms with van der Waals surface area (Å²) in [5, 5.41) is 1.11. The predicted octanol–water partition coefficient (Wildman–Crippen LogP) is 3.08. The summed E-state index contributed by atoms with van der Waals surface area (Å²) in [7, 11) is -3.54. The second-order valence-corrected chi connectivity index (χ2v) is 6.54. The van der Waals surface area contributed by atoms with Crippen LogP contribution in [0.2, 0.25) is 0 Å². The summed E-state index contributed by atoms with van der Waals surface area (Å²) in [4.78, 5) is 0. The zero-order chi connectivity index (χ0) is 16.7. The minimum Gasteiger partial charge on any atom is -0.208 e. The maximum atomic E-state index is 12.7. The topological polar surface area (TPSA) is 46.2 Å². The van der Waals surface area contributed by atoms with E-state index in [9.17, 15) is 12.8 Å². The van der Waals surface area contributed by atoms with Crippen molar-refractivity contribution in [3.63, 3.8) is 0 Å². The first kappa shape index (κ1) is 16.9. The average Bonchev–Trinajstić information content (AvgIpc) is 2.53. The molecule has 0 saturated heterocycles. The first-order valence-corrected chi connectivity index (χ1v) is 8.48. The van der Waals surface area contributed by atoms with E-state index in [0.29, 0.717) is 5.56 Å². The molecule has 23 heavy (non-hydrogen) atoms. The Bertz CT molecular complexity index is 843. The van der Waals surface area contributed by atoms with Gasteiger partial charge in [-0.15, -0.1) is 0 Å². The molecule has 0 aliphatic heterocycles. The summed E-state index contributed by atoms with van der Waals surface area (Å²) in [6, 6.07) is 13.2. The van der Waals surface area contributed by atoms with E-state index in [2.05, 4.69) is 16.6 Å². The third kappa shape index (κ3) is 6.07. The van der Waals surface area contributed by atoms with Crippen molar-refractivity contribution in [2.75, 3.05) is 6.54 Å². The lowest BCUT2D eigenvalue weighted by Gasteiger charge is -1.98. The zero-order valence-corrected chi connectivity index (χ0v) is 13.4. The lowest BCUT2D eigenvalue weighted by atomic mass is 10.2. The van der Waals surface area contributed by atoms with Crippen LogP contribution >= 0.6 is 0 Å². The molecule has 2 aromatic carbocycles. The van der Waals surface area contributed by atoms with Crippen molar-refractivity contribution in [2.45, 2.75) is 6.92 Å². The van der Waals surface area contributed by atoms with Crippen molar-refractivity contribution in [2.24, 2.45) is 0 Å². The Morgan fingerprint density at radius 3 is 2.39 bits per heavy atom. The Balaban J connectivity index is 1.91. The molecule has 0 aliphatic carbocycles. The van der Waals surface area contributed by atoms with Crippen LogP contribution < -0.4 is 4.72 Å². The fraction of sp³-hybridized carbons (Fsp3) is 0.111. The highest BCUT2D eigenvalue weighted by atomic mass is 32.2. The summed E-state index contributed by atoms with van der Waals surface area (Å²) in [5.41, 5.74) is 2.54. The van der Waals surface area contributed by atoms with Crippen molar-refractivity contribution in [1.82, 2.24) is 4.72 Å². The maximum Gasteiger partial charge on any atom is 0.234 e. The van der Waals surface area contributed by atoms with Crippen molar-refractivity contribution in [3.8, 4) is 11.8 Å². The van der Waals surface area contributed by atoms with Gasteiger partial charge in [-0.3, -0.25) is 0 Å². The summed E-state index contributed by atoms with van der Waals surface area (Å²) < 4.78 is 38.7. The van der Waals surface area contributed by atoms with Gasteiger partial charge in [-0.25, -0.2) is 12.8 Å². The molecule has 2 aromatic rings. The third-order valence-electron chi connectivity index (χ3n) is 2.96. The first-order chi connectivity index (χ1) is 10.9. The van der Waals surface area contributed by atoms with Crippen LogP contribution in [0.25, 0.3) is 6.08 Å². The second-order valence-electron chi connectivity index (χ2n) is 4.89. The van der Waals surface area contributed by atoms with Crippen LogP contribution in [0.3, 0.4) is 0 Å². The third-order valence-corrected chi connectivity index (χ3v) is 4.00. The summed E-state index contributed by atoms with van der Waals surface area (Å²) in [5.74, 6) is 5.11. The van der Waals surface area contributed by atoms with Crippen molar-refractivity contribution in [3.05, 3.63) is 76.4 Å².